The summed E-state index contributed by atoms with van der Waals surface area (Å²) in [6, 6.07) is 3.09. The minimum atomic E-state index is -4.38. The fourth-order valence-electron chi connectivity index (χ4n) is 2.68. The van der Waals surface area contributed by atoms with E-state index in [0.29, 0.717) is 24.9 Å². The van der Waals surface area contributed by atoms with E-state index in [1.165, 1.54) is 12.3 Å². The molecule has 1 fully saturated rings. The molecular weight excluding hydrogens is 277 g/mol. The van der Waals surface area contributed by atoms with Crippen molar-refractivity contribution in [1.82, 2.24) is 4.98 Å². The average Bonchev–Trinajstić information content (AvgIpc) is 2.48. The number of nitrogens with zero attached hydrogens (tertiary/aromatic N) is 2. The Bertz CT molecular complexity index is 422. The van der Waals surface area contributed by atoms with Crippen LogP contribution in [0.2, 0.25) is 0 Å². The molecule has 120 valence electrons. The second kappa shape index (κ2) is 7.66. The quantitative estimate of drug-likeness (QED) is 0.764. The van der Waals surface area contributed by atoms with E-state index in [9.17, 15) is 13.2 Å². The van der Waals surface area contributed by atoms with Crippen LogP contribution in [-0.4, -0.2) is 18.1 Å². The standard InChI is InChI=1S/C14H19F3N2.C2H6/c1-10(2)11-5-8-19(9-6-11)12-4-3-7-18-13(12)14(15,16)17;1-2/h3-4,7,10-11H,5-6,8-9H2,1-2H3;1-2H3. The molecule has 0 bridgehead atoms. The molecule has 0 aliphatic carbocycles. The number of hydrogen-bond donors (Lipinski definition) is 0. The van der Waals surface area contributed by atoms with Gasteiger partial charge in [0, 0.05) is 19.3 Å². The van der Waals surface area contributed by atoms with Gasteiger partial charge in [-0.25, -0.2) is 4.98 Å². The van der Waals surface area contributed by atoms with E-state index in [0.717, 1.165) is 12.8 Å². The van der Waals surface area contributed by atoms with Gasteiger partial charge >= 0.3 is 6.18 Å². The van der Waals surface area contributed by atoms with Gasteiger partial charge in [-0.1, -0.05) is 27.7 Å². The van der Waals surface area contributed by atoms with Gasteiger partial charge in [0.25, 0.3) is 0 Å². The summed E-state index contributed by atoms with van der Waals surface area (Å²) in [6.07, 6.45) is -1.29. The third-order valence-electron chi connectivity index (χ3n) is 3.88. The molecule has 0 atom stereocenters. The molecule has 21 heavy (non-hydrogen) atoms. The molecule has 2 rings (SSSR count). The minimum Gasteiger partial charge on any atom is -0.370 e. The van der Waals surface area contributed by atoms with Gasteiger partial charge in [0.1, 0.15) is 0 Å². The Hall–Kier alpha value is -1.26. The number of piperidine rings is 1. The second-order valence-electron chi connectivity index (χ2n) is 5.44. The molecule has 1 aliphatic rings. The Morgan fingerprint density at radius 3 is 2.24 bits per heavy atom. The number of rotatable bonds is 2. The summed E-state index contributed by atoms with van der Waals surface area (Å²) in [6.45, 7) is 9.70. The van der Waals surface area contributed by atoms with Gasteiger partial charge in [-0.3, -0.25) is 0 Å². The number of hydrogen-bond acceptors (Lipinski definition) is 2. The SMILES string of the molecule is CC.CC(C)C1CCN(c2cccnc2C(F)(F)F)CC1. The summed E-state index contributed by atoms with van der Waals surface area (Å²) in [5.74, 6) is 1.21. The first-order chi connectivity index (χ1) is 9.89. The van der Waals surface area contributed by atoms with Gasteiger partial charge in [0.05, 0.1) is 5.69 Å². The van der Waals surface area contributed by atoms with Crippen molar-refractivity contribution in [3.05, 3.63) is 24.0 Å². The highest BCUT2D eigenvalue weighted by atomic mass is 19.4. The topological polar surface area (TPSA) is 16.1 Å². The predicted octanol–water partition coefficient (Wildman–Crippen LogP) is 5.00. The lowest BCUT2D eigenvalue weighted by atomic mass is 9.86. The number of aromatic nitrogens is 1. The molecule has 0 N–H and O–H groups in total. The molecule has 0 aromatic carbocycles. The molecule has 1 aromatic rings. The molecule has 2 nitrogen and oxygen atoms in total. The average molecular weight is 302 g/mol. The Labute approximate surface area is 125 Å². The molecule has 1 saturated heterocycles. The molecule has 1 aromatic heterocycles. The highest BCUT2D eigenvalue weighted by molar-refractivity contribution is 5.52. The lowest BCUT2D eigenvalue weighted by molar-refractivity contribution is -0.140. The summed E-state index contributed by atoms with van der Waals surface area (Å²) in [7, 11) is 0. The molecule has 0 amide bonds. The van der Waals surface area contributed by atoms with Gasteiger partial charge in [-0.2, -0.15) is 13.2 Å². The monoisotopic (exact) mass is 302 g/mol. The first-order valence-corrected chi connectivity index (χ1v) is 7.66. The van der Waals surface area contributed by atoms with Gasteiger partial charge in [-0.05, 0) is 36.8 Å². The van der Waals surface area contributed by atoms with Crippen molar-refractivity contribution in [3.63, 3.8) is 0 Å². The highest BCUT2D eigenvalue weighted by Gasteiger charge is 2.37. The van der Waals surface area contributed by atoms with Crippen LogP contribution < -0.4 is 4.90 Å². The zero-order chi connectivity index (χ0) is 16.0. The second-order valence-corrected chi connectivity index (χ2v) is 5.44. The fourth-order valence-corrected chi connectivity index (χ4v) is 2.68. The van der Waals surface area contributed by atoms with E-state index in [4.69, 9.17) is 0 Å². The van der Waals surface area contributed by atoms with Crippen LogP contribution in [-0.2, 0) is 6.18 Å². The van der Waals surface area contributed by atoms with Crippen molar-refractivity contribution in [2.75, 3.05) is 18.0 Å². The number of pyridine rings is 1. The van der Waals surface area contributed by atoms with Crippen LogP contribution in [0, 0.1) is 11.8 Å². The van der Waals surface area contributed by atoms with Crippen molar-refractivity contribution in [3.8, 4) is 0 Å². The molecule has 0 radical (unpaired) electrons. The molecule has 0 unspecified atom stereocenters. The largest absolute Gasteiger partial charge is 0.435 e. The van der Waals surface area contributed by atoms with Crippen molar-refractivity contribution >= 4 is 5.69 Å². The van der Waals surface area contributed by atoms with Crippen molar-refractivity contribution in [2.45, 2.75) is 46.7 Å². The Morgan fingerprint density at radius 1 is 1.19 bits per heavy atom. The summed E-state index contributed by atoms with van der Waals surface area (Å²) in [5, 5.41) is 0. The lowest BCUT2D eigenvalue weighted by Crippen LogP contribution is -2.36. The van der Waals surface area contributed by atoms with Crippen LogP contribution in [0.5, 0.6) is 0 Å². The molecule has 0 saturated carbocycles. The van der Waals surface area contributed by atoms with Gasteiger partial charge in [-0.15, -0.1) is 0 Å². The van der Waals surface area contributed by atoms with E-state index < -0.39 is 11.9 Å². The van der Waals surface area contributed by atoms with E-state index in [2.05, 4.69) is 18.8 Å². The van der Waals surface area contributed by atoms with Crippen LogP contribution >= 0.6 is 0 Å². The summed E-state index contributed by atoms with van der Waals surface area (Å²) in [5.41, 5.74) is -0.546. The van der Waals surface area contributed by atoms with Gasteiger partial charge in [0.15, 0.2) is 5.69 Å². The molecular formula is C16H25F3N2. The maximum atomic E-state index is 12.9. The van der Waals surface area contributed by atoms with Gasteiger partial charge in [0.2, 0.25) is 0 Å². The summed E-state index contributed by atoms with van der Waals surface area (Å²) in [4.78, 5) is 5.33. The Balaban J connectivity index is 0.00000106. The normalized spacial score (nSPS) is 16.7. The maximum absolute atomic E-state index is 12.9. The van der Waals surface area contributed by atoms with Gasteiger partial charge < -0.3 is 4.90 Å². The van der Waals surface area contributed by atoms with E-state index in [-0.39, 0.29) is 5.69 Å². The number of alkyl halides is 3. The Morgan fingerprint density at radius 2 is 1.76 bits per heavy atom. The third kappa shape index (κ3) is 4.61. The molecule has 0 spiro atoms. The van der Waals surface area contributed by atoms with Crippen molar-refractivity contribution < 1.29 is 13.2 Å². The minimum absolute atomic E-state index is 0.220. The first kappa shape index (κ1) is 17.8. The maximum Gasteiger partial charge on any atom is 0.435 e. The zero-order valence-electron chi connectivity index (χ0n) is 13.2. The predicted molar refractivity (Wildman–Crippen MR) is 80.4 cm³/mol. The van der Waals surface area contributed by atoms with Crippen LogP contribution in [0.3, 0.4) is 0 Å². The highest BCUT2D eigenvalue weighted by Crippen LogP contribution is 2.36. The van der Waals surface area contributed by atoms with Crippen LogP contribution in [0.4, 0.5) is 18.9 Å². The van der Waals surface area contributed by atoms with E-state index >= 15 is 0 Å². The smallest absolute Gasteiger partial charge is 0.370 e. The first-order valence-electron chi connectivity index (χ1n) is 7.66. The molecule has 5 heteroatoms. The van der Waals surface area contributed by atoms with Crippen molar-refractivity contribution in [2.24, 2.45) is 11.8 Å². The van der Waals surface area contributed by atoms with E-state index in [1.807, 2.05) is 18.7 Å². The number of halogens is 3. The fraction of sp³-hybridized carbons (Fsp3) is 0.688. The zero-order valence-corrected chi connectivity index (χ0v) is 13.2. The number of anilines is 1. The summed E-state index contributed by atoms with van der Waals surface area (Å²) < 4.78 is 38.8. The Kier molecular flexibility index (Phi) is 6.49. The van der Waals surface area contributed by atoms with Crippen LogP contribution in [0.15, 0.2) is 18.3 Å². The molecule has 1 aliphatic heterocycles. The van der Waals surface area contributed by atoms with E-state index in [1.54, 1.807) is 6.07 Å². The lowest BCUT2D eigenvalue weighted by Gasteiger charge is -2.36. The van der Waals surface area contributed by atoms with Crippen LogP contribution in [0.1, 0.15) is 46.2 Å². The van der Waals surface area contributed by atoms with Crippen molar-refractivity contribution in [1.29, 1.82) is 0 Å². The summed E-state index contributed by atoms with van der Waals surface area (Å²) >= 11 is 0. The third-order valence-corrected chi connectivity index (χ3v) is 3.88. The molecule has 2 heterocycles. The van der Waals surface area contributed by atoms with Crippen LogP contribution in [0.25, 0.3) is 0 Å².